The maximum atomic E-state index is 10.6. The summed E-state index contributed by atoms with van der Waals surface area (Å²) in [5, 5.41) is 8.67. The van der Waals surface area contributed by atoms with E-state index < -0.39 is 5.97 Å². The summed E-state index contributed by atoms with van der Waals surface area (Å²) in [6.07, 6.45) is 0. The van der Waals surface area contributed by atoms with Crippen LogP contribution in [-0.2, 0) is 0 Å². The molecular weight excluding hydrogens is 177 g/mol. The molecule has 0 heterocycles. The zero-order valence-corrected chi connectivity index (χ0v) is 7.11. The van der Waals surface area contributed by atoms with Crippen LogP contribution in [0.25, 0.3) is 0 Å². The topological polar surface area (TPSA) is 40.5 Å². The second-order valence-corrected chi connectivity index (χ2v) is 2.75. The molecule has 66 valence electrons. The van der Waals surface area contributed by atoms with E-state index >= 15 is 0 Å². The fourth-order valence-corrected chi connectivity index (χ4v) is 0.917. The van der Waals surface area contributed by atoms with E-state index in [0.717, 1.165) is 5.69 Å². The fourth-order valence-electron chi connectivity index (χ4n) is 0.917. The monoisotopic (exact) mass is 189 g/mol. The Hall–Kier alpha value is -0.510. The average molecular weight is 189 g/mol. The molecule has 0 aliphatic carbocycles. The van der Waals surface area contributed by atoms with Crippen molar-refractivity contribution in [2.24, 2.45) is 0 Å². The van der Waals surface area contributed by atoms with Crippen LogP contribution in [0.1, 0.15) is 10.4 Å². The Labute approximate surface area is 99.7 Å². The Morgan fingerprint density at radius 3 is 2.46 bits per heavy atom. The predicted octanol–water partition coefficient (Wildman–Crippen LogP) is 0.802. The molecule has 0 bridgehead atoms. The molecule has 0 aliphatic rings. The average Bonchev–Trinajstić information content (AvgIpc) is 2.04. The fraction of sp³-hybridized carbons (Fsp3) is 0.222. The summed E-state index contributed by atoms with van der Waals surface area (Å²) in [5.74, 6) is -0.890. The van der Waals surface area contributed by atoms with Crippen LogP contribution in [0.2, 0.25) is 0 Å². The Balaban J connectivity index is 0.00000144. The van der Waals surface area contributed by atoms with E-state index in [-0.39, 0.29) is 29.6 Å². The molecule has 13 heavy (non-hydrogen) atoms. The van der Waals surface area contributed by atoms with Crippen LogP contribution in [0.5, 0.6) is 0 Å². The summed E-state index contributed by atoms with van der Waals surface area (Å²) >= 11 is 0. The normalized spacial score (nSPS) is 8.77. The summed E-state index contributed by atoms with van der Waals surface area (Å²) in [6, 6.07) is 6.82. The van der Waals surface area contributed by atoms with Crippen molar-refractivity contribution in [3.8, 4) is 0 Å². The first-order valence-electron chi connectivity index (χ1n) is 3.62. The number of carboxylic acid groups (broad SMARTS) is 1. The van der Waals surface area contributed by atoms with Crippen molar-refractivity contribution in [2.45, 2.75) is 0 Å². The third-order valence-corrected chi connectivity index (χ3v) is 1.61. The van der Waals surface area contributed by atoms with Crippen molar-refractivity contribution in [2.75, 3.05) is 19.0 Å². The first-order valence-corrected chi connectivity index (χ1v) is 3.62. The number of hydrogen-bond acceptors (Lipinski definition) is 2. The molecular formula is C9H12NNaO2. The number of hydrogen-bond donors (Lipinski definition) is 1. The van der Waals surface area contributed by atoms with Crippen LogP contribution < -0.4 is 4.90 Å². The molecule has 1 aromatic carbocycles. The van der Waals surface area contributed by atoms with Crippen LogP contribution in [0.4, 0.5) is 5.69 Å². The second-order valence-electron chi connectivity index (χ2n) is 2.75. The molecule has 0 radical (unpaired) electrons. The molecule has 0 atom stereocenters. The molecule has 0 unspecified atom stereocenters. The first kappa shape index (κ1) is 12.5. The van der Waals surface area contributed by atoms with Gasteiger partial charge in [-0.25, -0.2) is 4.79 Å². The zero-order chi connectivity index (χ0) is 9.14. The quantitative estimate of drug-likeness (QED) is 0.699. The van der Waals surface area contributed by atoms with Crippen molar-refractivity contribution in [3.63, 3.8) is 0 Å². The molecule has 3 nitrogen and oxygen atoms in total. The van der Waals surface area contributed by atoms with Gasteiger partial charge in [0.1, 0.15) is 0 Å². The van der Waals surface area contributed by atoms with Gasteiger partial charge in [0.25, 0.3) is 0 Å². The van der Waals surface area contributed by atoms with Crippen molar-refractivity contribution >= 4 is 41.2 Å². The predicted molar refractivity (Wildman–Crippen MR) is 54.9 cm³/mol. The van der Waals surface area contributed by atoms with Crippen LogP contribution in [0.15, 0.2) is 24.3 Å². The maximum absolute atomic E-state index is 10.6. The van der Waals surface area contributed by atoms with E-state index in [4.69, 9.17) is 5.11 Å². The second kappa shape index (κ2) is 5.27. The van der Waals surface area contributed by atoms with Gasteiger partial charge in [0.15, 0.2) is 0 Å². The van der Waals surface area contributed by atoms with Gasteiger partial charge in [-0.15, -0.1) is 0 Å². The Bertz CT molecular complexity index is 299. The number of benzene rings is 1. The summed E-state index contributed by atoms with van der Waals surface area (Å²) in [6.45, 7) is 0. The Kier molecular flexibility index (Phi) is 5.06. The SMILES string of the molecule is CN(C)c1cccc(C(=O)O)c1.[NaH]. The van der Waals surface area contributed by atoms with Crippen LogP contribution >= 0.6 is 0 Å². The van der Waals surface area contributed by atoms with Crippen LogP contribution in [-0.4, -0.2) is 54.7 Å². The van der Waals surface area contributed by atoms with E-state index in [2.05, 4.69) is 0 Å². The molecule has 0 aromatic heterocycles. The summed E-state index contributed by atoms with van der Waals surface area (Å²) in [7, 11) is 3.75. The van der Waals surface area contributed by atoms with Gasteiger partial charge in [-0.3, -0.25) is 0 Å². The number of aromatic carboxylic acids is 1. The molecule has 0 spiro atoms. The Morgan fingerprint density at radius 2 is 2.00 bits per heavy atom. The van der Waals surface area contributed by atoms with Crippen LogP contribution in [0, 0.1) is 0 Å². The van der Waals surface area contributed by atoms with Gasteiger partial charge in [0, 0.05) is 19.8 Å². The number of anilines is 1. The molecule has 0 aliphatic heterocycles. The van der Waals surface area contributed by atoms with Gasteiger partial charge in [-0.05, 0) is 18.2 Å². The molecule has 4 heteroatoms. The zero-order valence-electron chi connectivity index (χ0n) is 7.11. The third kappa shape index (κ3) is 3.38. The van der Waals surface area contributed by atoms with Gasteiger partial charge < -0.3 is 10.0 Å². The van der Waals surface area contributed by atoms with E-state index in [9.17, 15) is 4.79 Å². The number of rotatable bonds is 2. The first-order chi connectivity index (χ1) is 5.61. The van der Waals surface area contributed by atoms with Crippen molar-refractivity contribution in [1.82, 2.24) is 0 Å². The molecule has 0 saturated heterocycles. The molecule has 0 fully saturated rings. The van der Waals surface area contributed by atoms with Crippen molar-refractivity contribution < 1.29 is 9.90 Å². The van der Waals surface area contributed by atoms with E-state index in [1.807, 2.05) is 25.1 Å². The van der Waals surface area contributed by atoms with Gasteiger partial charge in [0.2, 0.25) is 0 Å². The van der Waals surface area contributed by atoms with E-state index in [1.165, 1.54) is 0 Å². The van der Waals surface area contributed by atoms with Crippen molar-refractivity contribution in [3.05, 3.63) is 29.8 Å². The summed E-state index contributed by atoms with van der Waals surface area (Å²) < 4.78 is 0. The number of carboxylic acids is 1. The Morgan fingerprint density at radius 1 is 1.38 bits per heavy atom. The third-order valence-electron chi connectivity index (χ3n) is 1.61. The minimum absolute atomic E-state index is 0. The number of nitrogens with zero attached hydrogens (tertiary/aromatic N) is 1. The van der Waals surface area contributed by atoms with E-state index in [0.29, 0.717) is 5.56 Å². The standard InChI is InChI=1S/C9H11NO2.Na.H/c1-10(2)8-5-3-4-7(6-8)9(11)12;;/h3-6H,1-2H3,(H,11,12);;. The number of carbonyl (C=O) groups is 1. The molecule has 0 amide bonds. The van der Waals surface area contributed by atoms with Gasteiger partial charge >= 0.3 is 35.5 Å². The van der Waals surface area contributed by atoms with Crippen LogP contribution in [0.3, 0.4) is 0 Å². The molecule has 0 saturated carbocycles. The molecule has 1 rings (SSSR count). The molecule has 1 N–H and O–H groups in total. The summed E-state index contributed by atoms with van der Waals surface area (Å²) in [4.78, 5) is 12.4. The molecule has 1 aromatic rings. The van der Waals surface area contributed by atoms with Gasteiger partial charge in [-0.2, -0.15) is 0 Å². The minimum atomic E-state index is -0.890. The van der Waals surface area contributed by atoms with Crippen molar-refractivity contribution in [1.29, 1.82) is 0 Å². The summed E-state index contributed by atoms with van der Waals surface area (Å²) in [5.41, 5.74) is 1.22. The van der Waals surface area contributed by atoms with Gasteiger partial charge in [-0.1, -0.05) is 6.07 Å². The van der Waals surface area contributed by atoms with E-state index in [1.54, 1.807) is 18.2 Å². The van der Waals surface area contributed by atoms with Gasteiger partial charge in [0.05, 0.1) is 5.56 Å².